The minimum absolute atomic E-state index is 0.146. The first kappa shape index (κ1) is 17.6. The van der Waals surface area contributed by atoms with Gasteiger partial charge in [0.05, 0.1) is 12.7 Å². The summed E-state index contributed by atoms with van der Waals surface area (Å²) in [6, 6.07) is 5.70. The Hall–Kier alpha value is -1.47. The maximum Gasteiger partial charge on any atom is 0.224 e. The van der Waals surface area contributed by atoms with Gasteiger partial charge < -0.3 is 5.32 Å². The highest BCUT2D eigenvalue weighted by molar-refractivity contribution is 7.88. The Kier molecular flexibility index (Phi) is 6.77. The van der Waals surface area contributed by atoms with Crippen molar-refractivity contribution < 1.29 is 17.6 Å². The van der Waals surface area contributed by atoms with E-state index in [0.717, 1.165) is 12.7 Å². The zero-order valence-corrected chi connectivity index (χ0v) is 13.1. The Bertz CT molecular complexity index is 558. The van der Waals surface area contributed by atoms with E-state index in [1.807, 2.05) is 6.92 Å². The molecule has 0 saturated carbocycles. The van der Waals surface area contributed by atoms with Crippen molar-refractivity contribution >= 4 is 15.9 Å². The number of hydrogen-bond donors (Lipinski definition) is 1. The van der Waals surface area contributed by atoms with E-state index < -0.39 is 10.0 Å². The number of hydrogen-bond acceptors (Lipinski definition) is 3. The monoisotopic (exact) mass is 316 g/mol. The first-order valence-corrected chi connectivity index (χ1v) is 8.64. The largest absolute Gasteiger partial charge is 0.354 e. The summed E-state index contributed by atoms with van der Waals surface area (Å²) in [4.78, 5) is 11.7. The van der Waals surface area contributed by atoms with E-state index in [9.17, 15) is 17.6 Å². The van der Waals surface area contributed by atoms with Crippen LogP contribution < -0.4 is 5.32 Å². The molecule has 1 rings (SSSR count). The van der Waals surface area contributed by atoms with Gasteiger partial charge in [0.15, 0.2) is 0 Å². The van der Waals surface area contributed by atoms with Crippen molar-refractivity contribution in [1.29, 1.82) is 0 Å². The summed E-state index contributed by atoms with van der Waals surface area (Å²) < 4.78 is 37.1. The van der Waals surface area contributed by atoms with Gasteiger partial charge in [-0.05, 0) is 24.1 Å². The predicted molar refractivity (Wildman–Crippen MR) is 79.8 cm³/mol. The molecule has 5 nitrogen and oxygen atoms in total. The molecule has 0 aromatic heterocycles. The molecule has 0 aliphatic rings. The zero-order valence-electron chi connectivity index (χ0n) is 12.3. The summed E-state index contributed by atoms with van der Waals surface area (Å²) in [5, 5.41) is 2.67. The van der Waals surface area contributed by atoms with Crippen molar-refractivity contribution in [1.82, 2.24) is 9.62 Å². The van der Waals surface area contributed by atoms with Crippen LogP contribution in [0.1, 0.15) is 18.9 Å². The van der Waals surface area contributed by atoms with E-state index in [0.29, 0.717) is 12.1 Å². The number of amides is 1. The van der Waals surface area contributed by atoms with E-state index in [4.69, 9.17) is 0 Å². The number of carbonyl (C=O) groups excluding carboxylic acids is 1. The maximum atomic E-state index is 12.7. The first-order valence-electron chi connectivity index (χ1n) is 6.79. The van der Waals surface area contributed by atoms with Crippen molar-refractivity contribution in [2.24, 2.45) is 0 Å². The Balaban J connectivity index is 2.40. The molecule has 1 aromatic carbocycles. The van der Waals surface area contributed by atoms with Gasteiger partial charge in [-0.2, -0.15) is 0 Å². The molecule has 0 saturated heterocycles. The third kappa shape index (κ3) is 6.68. The highest BCUT2D eigenvalue weighted by atomic mass is 32.2. The lowest BCUT2D eigenvalue weighted by molar-refractivity contribution is -0.120. The Morgan fingerprint density at radius 1 is 1.24 bits per heavy atom. The number of rotatable bonds is 8. The predicted octanol–water partition coefficient (Wildman–Crippen LogP) is 1.16. The number of sulfonamides is 1. The van der Waals surface area contributed by atoms with Crippen LogP contribution in [-0.2, 0) is 21.2 Å². The smallest absolute Gasteiger partial charge is 0.224 e. The van der Waals surface area contributed by atoms with Crippen LogP contribution in [0.4, 0.5) is 4.39 Å². The fourth-order valence-corrected chi connectivity index (χ4v) is 2.80. The maximum absolute atomic E-state index is 12.7. The molecular formula is C14H21FN2O3S. The van der Waals surface area contributed by atoms with E-state index in [2.05, 4.69) is 5.32 Å². The molecule has 1 amide bonds. The van der Waals surface area contributed by atoms with Gasteiger partial charge >= 0.3 is 0 Å². The van der Waals surface area contributed by atoms with Crippen LogP contribution in [0.5, 0.6) is 0 Å². The summed E-state index contributed by atoms with van der Waals surface area (Å²) in [6.07, 6.45) is 2.02. The first-order chi connectivity index (χ1) is 9.82. The molecule has 0 spiro atoms. The zero-order chi connectivity index (χ0) is 15.9. The highest BCUT2D eigenvalue weighted by Gasteiger charge is 2.15. The van der Waals surface area contributed by atoms with Crippen LogP contribution in [-0.4, -0.2) is 44.5 Å². The van der Waals surface area contributed by atoms with Crippen LogP contribution >= 0.6 is 0 Å². The molecule has 118 valence electrons. The second-order valence-corrected chi connectivity index (χ2v) is 6.80. The van der Waals surface area contributed by atoms with Gasteiger partial charge in [0, 0.05) is 19.6 Å². The minimum Gasteiger partial charge on any atom is -0.354 e. The van der Waals surface area contributed by atoms with Crippen molar-refractivity contribution in [3.63, 3.8) is 0 Å². The lowest BCUT2D eigenvalue weighted by Crippen LogP contribution is -2.38. The normalized spacial score (nSPS) is 11.6. The lowest BCUT2D eigenvalue weighted by Gasteiger charge is -2.19. The van der Waals surface area contributed by atoms with Gasteiger partial charge in [0.1, 0.15) is 5.82 Å². The van der Waals surface area contributed by atoms with Crippen LogP contribution in [0.25, 0.3) is 0 Å². The molecule has 1 N–H and O–H groups in total. The molecule has 21 heavy (non-hydrogen) atoms. The van der Waals surface area contributed by atoms with Gasteiger partial charge in [-0.15, -0.1) is 0 Å². The van der Waals surface area contributed by atoms with Crippen LogP contribution in [0.15, 0.2) is 24.3 Å². The van der Waals surface area contributed by atoms with Crippen LogP contribution in [0, 0.1) is 5.82 Å². The second kappa shape index (κ2) is 8.09. The fraction of sp³-hybridized carbons (Fsp3) is 0.500. The third-order valence-electron chi connectivity index (χ3n) is 2.90. The molecule has 0 aliphatic carbocycles. The van der Waals surface area contributed by atoms with Crippen molar-refractivity contribution in [2.45, 2.75) is 19.8 Å². The Labute approximate surface area is 125 Å². The molecule has 0 radical (unpaired) electrons. The average molecular weight is 316 g/mol. The molecule has 0 heterocycles. The quantitative estimate of drug-likeness (QED) is 0.782. The number of benzene rings is 1. The standard InChI is InChI=1S/C14H21FN2O3S/c1-3-9-17(21(2,19)20)10-8-16-14(18)11-12-4-6-13(15)7-5-12/h4-7H,3,8-11H2,1-2H3,(H,16,18). The second-order valence-electron chi connectivity index (χ2n) is 4.82. The molecule has 0 bridgehead atoms. The van der Waals surface area contributed by atoms with E-state index in [1.165, 1.54) is 16.4 Å². The van der Waals surface area contributed by atoms with Gasteiger partial charge in [-0.25, -0.2) is 17.1 Å². The molecule has 1 aromatic rings. The van der Waals surface area contributed by atoms with E-state index in [1.54, 1.807) is 12.1 Å². The molecule has 7 heteroatoms. The Morgan fingerprint density at radius 3 is 2.38 bits per heavy atom. The summed E-state index contributed by atoms with van der Waals surface area (Å²) in [7, 11) is -3.25. The molecule has 0 atom stereocenters. The van der Waals surface area contributed by atoms with Gasteiger partial charge in [-0.1, -0.05) is 19.1 Å². The highest BCUT2D eigenvalue weighted by Crippen LogP contribution is 2.03. The van der Waals surface area contributed by atoms with Gasteiger partial charge in [-0.3, -0.25) is 4.79 Å². The van der Waals surface area contributed by atoms with Crippen molar-refractivity contribution in [3.8, 4) is 0 Å². The number of halogens is 1. The number of nitrogens with one attached hydrogen (secondary N) is 1. The van der Waals surface area contributed by atoms with Crippen LogP contribution in [0.3, 0.4) is 0 Å². The number of nitrogens with zero attached hydrogens (tertiary/aromatic N) is 1. The topological polar surface area (TPSA) is 66.5 Å². The summed E-state index contributed by atoms with van der Waals surface area (Å²) >= 11 is 0. The molecule has 0 fully saturated rings. The fourth-order valence-electron chi connectivity index (χ4n) is 1.86. The minimum atomic E-state index is -3.25. The number of carbonyl (C=O) groups is 1. The summed E-state index contributed by atoms with van der Waals surface area (Å²) in [5.41, 5.74) is 0.711. The van der Waals surface area contributed by atoms with E-state index in [-0.39, 0.29) is 31.2 Å². The molecular weight excluding hydrogens is 295 g/mol. The molecule has 0 unspecified atom stereocenters. The van der Waals surface area contributed by atoms with E-state index >= 15 is 0 Å². The van der Waals surface area contributed by atoms with Gasteiger partial charge in [0.25, 0.3) is 0 Å². The Morgan fingerprint density at radius 2 is 1.86 bits per heavy atom. The summed E-state index contributed by atoms with van der Waals surface area (Å²) in [5.74, 6) is -0.561. The van der Waals surface area contributed by atoms with Gasteiger partial charge in [0.2, 0.25) is 15.9 Å². The third-order valence-corrected chi connectivity index (χ3v) is 4.21. The summed E-state index contributed by atoms with van der Waals surface area (Å²) in [6.45, 7) is 2.84. The average Bonchev–Trinajstić information content (AvgIpc) is 2.39. The lowest BCUT2D eigenvalue weighted by atomic mass is 10.1. The SMILES string of the molecule is CCCN(CCNC(=O)Cc1ccc(F)cc1)S(C)(=O)=O. The van der Waals surface area contributed by atoms with Crippen molar-refractivity contribution in [3.05, 3.63) is 35.6 Å². The van der Waals surface area contributed by atoms with Crippen molar-refractivity contribution in [2.75, 3.05) is 25.9 Å². The molecule has 0 aliphatic heterocycles. The van der Waals surface area contributed by atoms with Crippen LogP contribution in [0.2, 0.25) is 0 Å².